The molecular weight excluding hydrogens is 362 g/mol. The Morgan fingerprint density at radius 3 is 2.39 bits per heavy atom. The van der Waals surface area contributed by atoms with E-state index in [1.165, 1.54) is 51.4 Å². The second-order valence-corrected chi connectivity index (χ2v) is 17.1. The normalized spacial score (nSPS) is 45.4. The van der Waals surface area contributed by atoms with E-state index in [1.807, 2.05) is 0 Å². The van der Waals surface area contributed by atoms with Gasteiger partial charge in [0.1, 0.15) is 0 Å². The fraction of sp³-hybridized carbons (Fsp3) is 0.958. The lowest BCUT2D eigenvalue weighted by molar-refractivity contribution is -0.0442. The summed E-state index contributed by atoms with van der Waals surface area (Å²) in [4.78, 5) is 0. The summed E-state index contributed by atoms with van der Waals surface area (Å²) in [6, 6.07) is 0. The molecule has 0 aromatic carbocycles. The molecule has 28 heavy (non-hydrogen) atoms. The fourth-order valence-corrected chi connectivity index (χ4v) is 8.70. The molecule has 0 aromatic heterocycles. The minimum absolute atomic E-state index is 0.186. The van der Waals surface area contributed by atoms with Crippen molar-refractivity contribution < 1.29 is 9.63 Å². The van der Waals surface area contributed by atoms with E-state index in [-0.39, 0.29) is 5.41 Å². The smallest absolute Gasteiger partial charge is 0.192 e. The predicted octanol–water partition coefficient (Wildman–Crippen LogP) is 6.86. The average Bonchev–Trinajstić information content (AvgIpc) is 2.93. The van der Waals surface area contributed by atoms with E-state index in [0.29, 0.717) is 11.1 Å². The van der Waals surface area contributed by atoms with Crippen molar-refractivity contribution in [2.75, 3.05) is 0 Å². The Kier molecular flexibility index (Phi) is 5.31. The first kappa shape index (κ1) is 20.9. The van der Waals surface area contributed by atoms with Crippen LogP contribution in [-0.2, 0) is 4.43 Å². The first-order valence-corrected chi connectivity index (χ1v) is 14.8. The monoisotopic (exact) mass is 405 g/mol. The third kappa shape index (κ3) is 3.40. The van der Waals surface area contributed by atoms with Gasteiger partial charge in [-0.2, -0.15) is 0 Å². The highest BCUT2D eigenvalue weighted by Gasteiger charge is 2.55. The topological polar surface area (TPSA) is 41.8 Å². The third-order valence-electron chi connectivity index (χ3n) is 9.98. The Morgan fingerprint density at radius 1 is 1.00 bits per heavy atom. The van der Waals surface area contributed by atoms with Crippen LogP contribution in [0.4, 0.5) is 0 Å². The largest absolute Gasteiger partial charge is 0.414 e. The maximum Gasteiger partial charge on any atom is 0.192 e. The van der Waals surface area contributed by atoms with Crippen molar-refractivity contribution in [2.24, 2.45) is 40.2 Å². The van der Waals surface area contributed by atoms with E-state index >= 15 is 0 Å². The molecule has 4 aliphatic carbocycles. The van der Waals surface area contributed by atoms with E-state index in [0.717, 1.165) is 41.7 Å². The van der Waals surface area contributed by atoms with E-state index in [1.54, 1.807) is 0 Å². The van der Waals surface area contributed by atoms with Gasteiger partial charge in [-0.15, -0.1) is 0 Å². The zero-order valence-electron chi connectivity index (χ0n) is 19.1. The number of hydrogen-bond acceptors (Lipinski definition) is 3. The van der Waals surface area contributed by atoms with Crippen molar-refractivity contribution in [2.45, 2.75) is 110 Å². The molecule has 160 valence electrons. The summed E-state index contributed by atoms with van der Waals surface area (Å²) in [5.41, 5.74) is 1.29. The third-order valence-corrected chi connectivity index (χ3v) is 14.5. The van der Waals surface area contributed by atoms with Crippen LogP contribution in [0.25, 0.3) is 0 Å². The van der Waals surface area contributed by atoms with Gasteiger partial charge >= 0.3 is 0 Å². The lowest BCUT2D eigenvalue weighted by Crippen LogP contribution is -2.50. The van der Waals surface area contributed by atoms with Gasteiger partial charge in [-0.25, -0.2) is 0 Å². The molecule has 0 radical (unpaired) electrons. The lowest BCUT2D eigenvalue weighted by Gasteiger charge is -2.54. The number of hydrogen-bond donors (Lipinski definition) is 1. The zero-order chi connectivity index (χ0) is 20.3. The summed E-state index contributed by atoms with van der Waals surface area (Å²) >= 11 is 0. The van der Waals surface area contributed by atoms with Crippen molar-refractivity contribution in [3.05, 3.63) is 0 Å². The molecule has 4 rings (SSSR count). The highest BCUT2D eigenvalue weighted by molar-refractivity contribution is 6.74. The standard InChI is InChI=1S/C24H43NO2Si/c1-23(2,3)28(5,6)27-19-10-11-20-16(13-19)7-8-17-15-24(4)18(14-21(17)20)9-12-22(24)25-26/h16-21,26H,7-15H2,1-6H3/b25-22+/t16-,17-,18+,19+,20-,21-,24+/m1/s1. The van der Waals surface area contributed by atoms with Crippen LogP contribution in [0.2, 0.25) is 18.1 Å². The number of oxime groups is 1. The van der Waals surface area contributed by atoms with E-state index in [4.69, 9.17) is 4.43 Å². The maximum absolute atomic E-state index is 9.51. The van der Waals surface area contributed by atoms with Gasteiger partial charge in [-0.05, 0) is 106 Å². The number of rotatable bonds is 2. The van der Waals surface area contributed by atoms with Crippen LogP contribution >= 0.6 is 0 Å². The number of nitrogens with zero attached hydrogens (tertiary/aromatic N) is 1. The molecule has 0 unspecified atom stereocenters. The number of fused-ring (bicyclic) bond motifs is 4. The van der Waals surface area contributed by atoms with Crippen LogP contribution in [0.3, 0.4) is 0 Å². The SMILES string of the molecule is CC(C)(C)[Si](C)(C)O[C@H]1CC[C@@H]2[C@H](CC[C@@H]3C[C@]4(C)/C(=N/O)CC[C@H]4C[C@H]32)C1. The summed E-state index contributed by atoms with van der Waals surface area (Å²) in [7, 11) is -1.66. The predicted molar refractivity (Wildman–Crippen MR) is 118 cm³/mol. The molecule has 4 heteroatoms. The molecule has 0 saturated heterocycles. The van der Waals surface area contributed by atoms with Gasteiger partial charge in [0, 0.05) is 11.5 Å². The molecule has 4 saturated carbocycles. The molecule has 4 aliphatic rings. The van der Waals surface area contributed by atoms with E-state index < -0.39 is 8.32 Å². The molecule has 4 fully saturated rings. The van der Waals surface area contributed by atoms with Crippen LogP contribution in [0.1, 0.15) is 85.5 Å². The lowest BCUT2D eigenvalue weighted by atomic mass is 9.51. The quantitative estimate of drug-likeness (QED) is 0.310. The first-order chi connectivity index (χ1) is 13.0. The Morgan fingerprint density at radius 2 is 1.71 bits per heavy atom. The van der Waals surface area contributed by atoms with Gasteiger partial charge in [-0.1, -0.05) is 32.9 Å². The van der Waals surface area contributed by atoms with Gasteiger partial charge in [0.25, 0.3) is 0 Å². The fourth-order valence-electron chi connectivity index (χ4n) is 7.30. The molecule has 3 nitrogen and oxygen atoms in total. The summed E-state index contributed by atoms with van der Waals surface area (Å²) in [5.74, 6) is 4.35. The Bertz CT molecular complexity index is 625. The van der Waals surface area contributed by atoms with E-state index in [9.17, 15) is 5.21 Å². The minimum atomic E-state index is -1.66. The van der Waals surface area contributed by atoms with E-state index in [2.05, 4.69) is 45.9 Å². The van der Waals surface area contributed by atoms with Crippen LogP contribution in [-0.4, -0.2) is 25.3 Å². The average molecular weight is 406 g/mol. The molecule has 0 spiro atoms. The van der Waals surface area contributed by atoms with Gasteiger partial charge in [0.05, 0.1) is 5.71 Å². The molecule has 0 bridgehead atoms. The van der Waals surface area contributed by atoms with Crippen molar-refractivity contribution in [1.82, 2.24) is 0 Å². The van der Waals surface area contributed by atoms with Gasteiger partial charge in [0.2, 0.25) is 0 Å². The Labute approximate surface area is 173 Å². The second-order valence-electron chi connectivity index (χ2n) is 12.4. The van der Waals surface area contributed by atoms with Crippen molar-refractivity contribution >= 4 is 14.0 Å². The second kappa shape index (κ2) is 7.11. The summed E-state index contributed by atoms with van der Waals surface area (Å²) < 4.78 is 6.84. The van der Waals surface area contributed by atoms with Crippen molar-refractivity contribution in [3.8, 4) is 0 Å². The summed E-state index contributed by atoms with van der Waals surface area (Å²) in [6.07, 6.45) is 12.2. The van der Waals surface area contributed by atoms with Gasteiger partial charge < -0.3 is 9.63 Å². The Balaban J connectivity index is 1.43. The molecule has 0 aromatic rings. The summed E-state index contributed by atoms with van der Waals surface area (Å²) in [5, 5.41) is 13.5. The first-order valence-electron chi connectivity index (χ1n) is 11.9. The zero-order valence-corrected chi connectivity index (χ0v) is 20.1. The van der Waals surface area contributed by atoms with Crippen LogP contribution in [0.15, 0.2) is 5.16 Å². The maximum atomic E-state index is 9.51. The molecule has 0 amide bonds. The highest BCUT2D eigenvalue weighted by atomic mass is 28.4. The summed E-state index contributed by atoms with van der Waals surface area (Å²) in [6.45, 7) is 14.3. The molecule has 0 heterocycles. The van der Waals surface area contributed by atoms with Crippen LogP contribution in [0, 0.1) is 35.0 Å². The van der Waals surface area contributed by atoms with Crippen molar-refractivity contribution in [1.29, 1.82) is 0 Å². The minimum Gasteiger partial charge on any atom is -0.414 e. The molecule has 1 N–H and O–H groups in total. The van der Waals surface area contributed by atoms with Gasteiger partial charge in [0.15, 0.2) is 8.32 Å². The molecule has 0 aliphatic heterocycles. The van der Waals surface area contributed by atoms with Crippen molar-refractivity contribution in [3.63, 3.8) is 0 Å². The van der Waals surface area contributed by atoms with Gasteiger partial charge in [-0.3, -0.25) is 0 Å². The molecular formula is C24H43NO2Si. The van der Waals surface area contributed by atoms with Crippen LogP contribution < -0.4 is 0 Å². The highest BCUT2D eigenvalue weighted by Crippen LogP contribution is 2.60. The molecule has 7 atom stereocenters. The van der Waals surface area contributed by atoms with Crippen LogP contribution in [0.5, 0.6) is 0 Å². The Hall–Kier alpha value is -0.353.